The van der Waals surface area contributed by atoms with Crippen molar-refractivity contribution in [2.45, 2.75) is 33.7 Å². The third-order valence-corrected chi connectivity index (χ3v) is 5.09. The number of hydrogen-bond acceptors (Lipinski definition) is 4. The number of benzene rings is 1. The van der Waals surface area contributed by atoms with Crippen molar-refractivity contribution in [3.05, 3.63) is 29.3 Å². The number of aryl methyl sites for hydroxylation is 1. The standard InChI is InChI=1S/C13H16N2O4S/c1-8(2)14-13(17)11-7-5-6-9(3)12(11)15(10(4)16)20(14,18)19/h5-8H,1-4H3. The van der Waals surface area contributed by atoms with Gasteiger partial charge in [-0.05, 0) is 32.4 Å². The molecule has 0 radical (unpaired) electrons. The number of fused-ring (bicyclic) bond motifs is 1. The minimum Gasteiger partial charge on any atom is -0.274 e. The highest BCUT2D eigenvalue weighted by Crippen LogP contribution is 2.35. The van der Waals surface area contributed by atoms with Crippen LogP contribution in [0.2, 0.25) is 0 Å². The minimum absolute atomic E-state index is 0.155. The van der Waals surface area contributed by atoms with E-state index in [9.17, 15) is 18.0 Å². The van der Waals surface area contributed by atoms with Crippen molar-refractivity contribution >= 4 is 27.7 Å². The molecule has 0 saturated carbocycles. The Morgan fingerprint density at radius 2 is 1.85 bits per heavy atom. The second-order valence-corrected chi connectivity index (χ2v) is 6.61. The van der Waals surface area contributed by atoms with E-state index in [0.29, 0.717) is 9.87 Å². The lowest BCUT2D eigenvalue weighted by atomic mass is 10.1. The molecule has 6 nitrogen and oxygen atoms in total. The SMILES string of the molecule is CC(=O)N1c2c(C)cccc2C(=O)N(C(C)C)S1(=O)=O. The molecule has 1 heterocycles. The fourth-order valence-electron chi connectivity index (χ4n) is 2.35. The quantitative estimate of drug-likeness (QED) is 0.786. The first kappa shape index (κ1) is 14.5. The summed E-state index contributed by atoms with van der Waals surface area (Å²) < 4.78 is 26.5. The third-order valence-electron chi connectivity index (χ3n) is 3.11. The van der Waals surface area contributed by atoms with Crippen LogP contribution in [-0.4, -0.2) is 30.6 Å². The number of hydrogen-bond donors (Lipinski definition) is 0. The highest BCUT2D eigenvalue weighted by Gasteiger charge is 2.45. The highest BCUT2D eigenvalue weighted by atomic mass is 32.2. The molecule has 0 aliphatic carbocycles. The van der Waals surface area contributed by atoms with E-state index in [1.165, 1.54) is 13.0 Å². The zero-order chi connectivity index (χ0) is 15.2. The summed E-state index contributed by atoms with van der Waals surface area (Å²) in [5.74, 6) is -1.24. The molecular weight excluding hydrogens is 280 g/mol. The van der Waals surface area contributed by atoms with Gasteiger partial charge < -0.3 is 0 Å². The third kappa shape index (κ3) is 1.89. The molecule has 0 atom stereocenters. The first-order chi connectivity index (χ1) is 9.19. The normalized spacial score (nSPS) is 17.4. The van der Waals surface area contributed by atoms with Gasteiger partial charge in [0.05, 0.1) is 11.3 Å². The van der Waals surface area contributed by atoms with Gasteiger partial charge in [-0.25, -0.2) is 4.31 Å². The zero-order valence-electron chi connectivity index (χ0n) is 11.7. The number of carbonyl (C=O) groups excluding carboxylic acids is 2. The van der Waals surface area contributed by atoms with Gasteiger partial charge in [-0.15, -0.1) is 0 Å². The summed E-state index contributed by atoms with van der Waals surface area (Å²) in [5, 5.41) is 0. The van der Waals surface area contributed by atoms with Crippen LogP contribution in [0.1, 0.15) is 36.7 Å². The average molecular weight is 296 g/mol. The maximum Gasteiger partial charge on any atom is 0.335 e. The van der Waals surface area contributed by atoms with Crippen LogP contribution in [0.25, 0.3) is 0 Å². The topological polar surface area (TPSA) is 74.8 Å². The van der Waals surface area contributed by atoms with Gasteiger partial charge in [-0.2, -0.15) is 12.7 Å². The van der Waals surface area contributed by atoms with E-state index in [4.69, 9.17) is 0 Å². The lowest BCUT2D eigenvalue weighted by molar-refractivity contribution is -0.115. The summed E-state index contributed by atoms with van der Waals surface area (Å²) in [6.07, 6.45) is 0. The molecule has 2 amide bonds. The molecule has 0 fully saturated rings. The monoisotopic (exact) mass is 296 g/mol. The Morgan fingerprint density at radius 1 is 1.25 bits per heavy atom. The van der Waals surface area contributed by atoms with Crippen molar-refractivity contribution in [1.29, 1.82) is 0 Å². The Hall–Kier alpha value is -1.89. The molecule has 0 N–H and O–H groups in total. The molecule has 20 heavy (non-hydrogen) atoms. The smallest absolute Gasteiger partial charge is 0.274 e. The Bertz CT molecular complexity index is 694. The van der Waals surface area contributed by atoms with Gasteiger partial charge in [0, 0.05) is 13.0 Å². The Labute approximate surface area is 118 Å². The summed E-state index contributed by atoms with van der Waals surface area (Å²) in [4.78, 5) is 24.2. The van der Waals surface area contributed by atoms with Crippen LogP contribution in [0.5, 0.6) is 0 Å². The molecule has 108 valence electrons. The van der Waals surface area contributed by atoms with E-state index in [1.54, 1.807) is 32.9 Å². The van der Waals surface area contributed by atoms with Crippen molar-refractivity contribution in [2.75, 3.05) is 4.31 Å². The van der Waals surface area contributed by atoms with E-state index in [0.717, 1.165) is 4.31 Å². The van der Waals surface area contributed by atoms with E-state index in [2.05, 4.69) is 0 Å². The number of nitrogens with zero attached hydrogens (tertiary/aromatic N) is 2. The van der Waals surface area contributed by atoms with Crippen molar-refractivity contribution in [3.8, 4) is 0 Å². The molecule has 0 saturated heterocycles. The number of carbonyl (C=O) groups is 2. The van der Waals surface area contributed by atoms with Crippen LogP contribution in [0, 0.1) is 6.92 Å². The molecule has 1 aliphatic heterocycles. The van der Waals surface area contributed by atoms with Crippen molar-refractivity contribution in [1.82, 2.24) is 4.31 Å². The highest BCUT2D eigenvalue weighted by molar-refractivity contribution is 7.92. The molecule has 1 aromatic carbocycles. The minimum atomic E-state index is -4.18. The fraction of sp³-hybridized carbons (Fsp3) is 0.385. The molecule has 0 unspecified atom stereocenters. The van der Waals surface area contributed by atoms with Crippen molar-refractivity contribution in [3.63, 3.8) is 0 Å². The number of anilines is 1. The molecule has 0 aromatic heterocycles. The first-order valence-corrected chi connectivity index (χ1v) is 7.58. The van der Waals surface area contributed by atoms with Gasteiger partial charge in [0.25, 0.3) is 5.91 Å². The molecule has 1 aliphatic rings. The zero-order valence-corrected chi connectivity index (χ0v) is 12.6. The molecule has 0 bridgehead atoms. The van der Waals surface area contributed by atoms with Gasteiger partial charge in [-0.3, -0.25) is 9.59 Å². The Balaban J connectivity index is 2.85. The van der Waals surface area contributed by atoms with Crippen LogP contribution in [0.15, 0.2) is 18.2 Å². The number of para-hydroxylation sites is 1. The second-order valence-electron chi connectivity index (χ2n) is 4.96. The summed E-state index contributed by atoms with van der Waals surface area (Å²) in [6.45, 7) is 6.02. The Morgan fingerprint density at radius 3 is 2.35 bits per heavy atom. The molecule has 0 spiro atoms. The van der Waals surface area contributed by atoms with Crippen LogP contribution in [0.3, 0.4) is 0 Å². The largest absolute Gasteiger partial charge is 0.335 e. The van der Waals surface area contributed by atoms with Crippen LogP contribution < -0.4 is 4.31 Å². The number of amides is 2. The second kappa shape index (κ2) is 4.59. The van der Waals surface area contributed by atoms with Gasteiger partial charge in [0.1, 0.15) is 0 Å². The molecule has 7 heteroatoms. The van der Waals surface area contributed by atoms with E-state index in [1.807, 2.05) is 0 Å². The van der Waals surface area contributed by atoms with Crippen molar-refractivity contribution < 1.29 is 18.0 Å². The van der Waals surface area contributed by atoms with Gasteiger partial charge in [0.15, 0.2) is 0 Å². The van der Waals surface area contributed by atoms with Crippen LogP contribution >= 0.6 is 0 Å². The predicted octanol–water partition coefficient (Wildman–Crippen LogP) is 1.46. The summed E-state index contributed by atoms with van der Waals surface area (Å²) in [5.41, 5.74) is 0.948. The van der Waals surface area contributed by atoms with E-state index >= 15 is 0 Å². The summed E-state index contributed by atoms with van der Waals surface area (Å²) >= 11 is 0. The fourth-order valence-corrected chi connectivity index (χ4v) is 4.16. The lowest BCUT2D eigenvalue weighted by Gasteiger charge is -2.37. The average Bonchev–Trinajstić information content (AvgIpc) is 2.28. The van der Waals surface area contributed by atoms with Crippen molar-refractivity contribution in [2.24, 2.45) is 0 Å². The Kier molecular flexibility index (Phi) is 3.33. The number of rotatable bonds is 1. The van der Waals surface area contributed by atoms with Gasteiger partial charge in [-0.1, -0.05) is 12.1 Å². The maximum atomic E-state index is 12.5. The van der Waals surface area contributed by atoms with Gasteiger partial charge >= 0.3 is 10.2 Å². The first-order valence-electron chi connectivity index (χ1n) is 6.18. The molecule has 2 rings (SSSR count). The van der Waals surface area contributed by atoms with Crippen LogP contribution in [-0.2, 0) is 15.0 Å². The van der Waals surface area contributed by atoms with E-state index < -0.39 is 28.1 Å². The molecular formula is C13H16N2O4S. The summed E-state index contributed by atoms with van der Waals surface area (Å²) in [6, 6.07) is 4.30. The lowest BCUT2D eigenvalue weighted by Crippen LogP contribution is -2.55. The summed E-state index contributed by atoms with van der Waals surface area (Å²) in [7, 11) is -4.18. The predicted molar refractivity (Wildman–Crippen MR) is 74.6 cm³/mol. The van der Waals surface area contributed by atoms with E-state index in [-0.39, 0.29) is 11.3 Å². The van der Waals surface area contributed by atoms with Crippen LogP contribution in [0.4, 0.5) is 5.69 Å². The maximum absolute atomic E-state index is 12.5. The molecule has 1 aromatic rings. The van der Waals surface area contributed by atoms with Gasteiger partial charge in [0.2, 0.25) is 5.91 Å².